The predicted octanol–water partition coefficient (Wildman–Crippen LogP) is 2.88. The molecule has 32 heavy (non-hydrogen) atoms. The summed E-state index contributed by atoms with van der Waals surface area (Å²) >= 11 is 0. The van der Waals surface area contributed by atoms with Gasteiger partial charge in [0.1, 0.15) is 12.1 Å². The molecule has 2 aromatic rings. The summed E-state index contributed by atoms with van der Waals surface area (Å²) in [6.45, 7) is 8.03. The summed E-state index contributed by atoms with van der Waals surface area (Å²) in [5, 5.41) is 5.39. The molecule has 8 heteroatoms. The van der Waals surface area contributed by atoms with Gasteiger partial charge in [-0.25, -0.2) is 4.79 Å². The molecule has 8 nitrogen and oxygen atoms in total. The first-order valence-corrected chi connectivity index (χ1v) is 10.6. The molecular weight excluding hydrogens is 408 g/mol. The van der Waals surface area contributed by atoms with E-state index in [1.54, 1.807) is 48.2 Å². The van der Waals surface area contributed by atoms with Crippen LogP contribution in [-0.2, 0) is 15.1 Å². The number of rotatable bonds is 7. The van der Waals surface area contributed by atoms with Crippen molar-refractivity contribution in [3.63, 3.8) is 0 Å². The van der Waals surface area contributed by atoms with E-state index in [0.717, 1.165) is 10.5 Å². The van der Waals surface area contributed by atoms with Gasteiger partial charge < -0.3 is 15.5 Å². The highest BCUT2D eigenvalue weighted by atomic mass is 16.2. The van der Waals surface area contributed by atoms with Gasteiger partial charge in [-0.1, -0.05) is 30.3 Å². The molecule has 1 aliphatic heterocycles. The van der Waals surface area contributed by atoms with Gasteiger partial charge >= 0.3 is 6.03 Å². The monoisotopic (exact) mass is 436 g/mol. The maximum atomic E-state index is 13.1. The van der Waals surface area contributed by atoms with Gasteiger partial charge in [0.25, 0.3) is 11.8 Å². The largest absolute Gasteiger partial charge is 0.339 e. The summed E-state index contributed by atoms with van der Waals surface area (Å²) in [6, 6.07) is 13.3. The van der Waals surface area contributed by atoms with Crippen molar-refractivity contribution < 1.29 is 19.2 Å². The highest BCUT2D eigenvalue weighted by Gasteiger charge is 2.50. The first-order chi connectivity index (χ1) is 15.2. The highest BCUT2D eigenvalue weighted by molar-refractivity contribution is 6.10. The molecule has 0 spiro atoms. The standard InChI is InChI=1S/C24H28N4O4/c1-5-27(6-2)21(30)17-11-9-12-18(14-17)25-20(29)15-28-22(31)24(4,26-23(28)32)19-13-8-7-10-16(19)3/h7-14H,5-6,15H2,1-4H3,(H,25,29)(H,26,32). The molecule has 1 heterocycles. The minimum absolute atomic E-state index is 0.130. The third-order valence-corrected chi connectivity index (χ3v) is 5.70. The minimum Gasteiger partial charge on any atom is -0.339 e. The molecular formula is C24H28N4O4. The fraction of sp³-hybridized carbons (Fsp3) is 0.333. The van der Waals surface area contributed by atoms with Crippen LogP contribution in [0.15, 0.2) is 48.5 Å². The van der Waals surface area contributed by atoms with Crippen molar-refractivity contribution in [3.05, 3.63) is 65.2 Å². The van der Waals surface area contributed by atoms with E-state index in [4.69, 9.17) is 0 Å². The van der Waals surface area contributed by atoms with E-state index >= 15 is 0 Å². The number of hydrogen-bond donors (Lipinski definition) is 2. The molecule has 2 N–H and O–H groups in total. The number of aryl methyl sites for hydroxylation is 1. The average molecular weight is 437 g/mol. The zero-order valence-corrected chi connectivity index (χ0v) is 18.8. The van der Waals surface area contributed by atoms with Crippen molar-refractivity contribution in [1.29, 1.82) is 0 Å². The summed E-state index contributed by atoms with van der Waals surface area (Å²) in [7, 11) is 0. The molecule has 2 aromatic carbocycles. The predicted molar refractivity (Wildman–Crippen MR) is 121 cm³/mol. The Hall–Kier alpha value is -3.68. The Labute approximate surface area is 187 Å². The first-order valence-electron chi connectivity index (χ1n) is 10.6. The first kappa shape index (κ1) is 23.0. The molecule has 1 unspecified atom stereocenters. The Morgan fingerprint density at radius 2 is 1.75 bits per heavy atom. The van der Waals surface area contributed by atoms with E-state index in [9.17, 15) is 19.2 Å². The van der Waals surface area contributed by atoms with Gasteiger partial charge in [0.05, 0.1) is 0 Å². The zero-order chi connectivity index (χ0) is 23.5. The van der Waals surface area contributed by atoms with Crippen molar-refractivity contribution in [2.75, 3.05) is 25.0 Å². The smallest absolute Gasteiger partial charge is 0.325 e. The second kappa shape index (κ2) is 9.21. The number of carbonyl (C=O) groups excluding carboxylic acids is 4. The lowest BCUT2D eigenvalue weighted by atomic mass is 9.88. The van der Waals surface area contributed by atoms with Crippen LogP contribution in [0, 0.1) is 6.92 Å². The molecule has 0 aromatic heterocycles. The van der Waals surface area contributed by atoms with E-state index in [0.29, 0.717) is 29.9 Å². The van der Waals surface area contributed by atoms with Gasteiger partial charge in [-0.15, -0.1) is 0 Å². The molecule has 5 amide bonds. The molecule has 0 saturated carbocycles. The Morgan fingerprint density at radius 3 is 2.41 bits per heavy atom. The number of benzene rings is 2. The summed E-state index contributed by atoms with van der Waals surface area (Å²) in [5.41, 5.74) is 1.18. The maximum absolute atomic E-state index is 13.1. The molecule has 0 aliphatic carbocycles. The van der Waals surface area contributed by atoms with Crippen LogP contribution in [0.1, 0.15) is 42.3 Å². The summed E-state index contributed by atoms with van der Waals surface area (Å²) in [5.74, 6) is -1.15. The Kier molecular flexibility index (Phi) is 6.62. The van der Waals surface area contributed by atoms with Gasteiger partial charge in [0.15, 0.2) is 0 Å². The van der Waals surface area contributed by atoms with Crippen LogP contribution < -0.4 is 10.6 Å². The third-order valence-electron chi connectivity index (χ3n) is 5.70. The molecule has 1 atom stereocenters. The van der Waals surface area contributed by atoms with Crippen LogP contribution in [0.4, 0.5) is 10.5 Å². The van der Waals surface area contributed by atoms with Crippen molar-refractivity contribution in [1.82, 2.24) is 15.1 Å². The minimum atomic E-state index is -1.24. The van der Waals surface area contributed by atoms with Gasteiger partial charge in [-0.2, -0.15) is 0 Å². The molecule has 1 saturated heterocycles. The van der Waals surface area contributed by atoms with E-state index in [2.05, 4.69) is 10.6 Å². The second-order valence-electron chi connectivity index (χ2n) is 7.87. The lowest BCUT2D eigenvalue weighted by molar-refractivity contribution is -0.133. The molecule has 168 valence electrons. The highest BCUT2D eigenvalue weighted by Crippen LogP contribution is 2.30. The number of nitrogens with zero attached hydrogens (tertiary/aromatic N) is 2. The SMILES string of the molecule is CCN(CC)C(=O)c1cccc(NC(=O)CN2C(=O)NC(C)(c3ccccc3C)C2=O)c1. The van der Waals surface area contributed by atoms with Crippen LogP contribution in [0.25, 0.3) is 0 Å². The van der Waals surface area contributed by atoms with Crippen molar-refractivity contribution in [2.45, 2.75) is 33.2 Å². The Bertz CT molecular complexity index is 1060. The number of amides is 5. The number of nitrogens with one attached hydrogen (secondary N) is 2. The topological polar surface area (TPSA) is 98.8 Å². The zero-order valence-electron chi connectivity index (χ0n) is 18.8. The van der Waals surface area contributed by atoms with Gasteiger partial charge in [-0.05, 0) is 57.0 Å². The lowest BCUT2D eigenvalue weighted by Crippen LogP contribution is -2.42. The Morgan fingerprint density at radius 1 is 1.06 bits per heavy atom. The molecule has 1 fully saturated rings. The third kappa shape index (κ3) is 4.34. The fourth-order valence-corrected chi connectivity index (χ4v) is 3.92. The number of imide groups is 1. The van der Waals surface area contributed by atoms with Gasteiger partial charge in [0, 0.05) is 24.3 Å². The van der Waals surface area contributed by atoms with Gasteiger partial charge in [-0.3, -0.25) is 19.3 Å². The van der Waals surface area contributed by atoms with Gasteiger partial charge in [0.2, 0.25) is 5.91 Å². The summed E-state index contributed by atoms with van der Waals surface area (Å²) in [4.78, 5) is 53.4. The van der Waals surface area contributed by atoms with Crippen LogP contribution in [0.3, 0.4) is 0 Å². The number of carbonyl (C=O) groups is 4. The Balaban J connectivity index is 1.72. The van der Waals surface area contributed by atoms with Crippen LogP contribution >= 0.6 is 0 Å². The van der Waals surface area contributed by atoms with Crippen molar-refractivity contribution >= 4 is 29.4 Å². The van der Waals surface area contributed by atoms with E-state index in [1.807, 2.05) is 32.9 Å². The lowest BCUT2D eigenvalue weighted by Gasteiger charge is -2.24. The van der Waals surface area contributed by atoms with Crippen LogP contribution in [-0.4, -0.2) is 53.2 Å². The normalized spacial score (nSPS) is 17.8. The van der Waals surface area contributed by atoms with Crippen LogP contribution in [0.5, 0.6) is 0 Å². The maximum Gasteiger partial charge on any atom is 0.325 e. The fourth-order valence-electron chi connectivity index (χ4n) is 3.92. The van der Waals surface area contributed by atoms with Crippen molar-refractivity contribution in [3.8, 4) is 0 Å². The number of hydrogen-bond acceptors (Lipinski definition) is 4. The second-order valence-corrected chi connectivity index (χ2v) is 7.87. The number of anilines is 1. The molecule has 3 rings (SSSR count). The van der Waals surface area contributed by atoms with E-state index in [-0.39, 0.29) is 5.91 Å². The quantitative estimate of drug-likeness (QED) is 0.652. The van der Waals surface area contributed by atoms with Crippen molar-refractivity contribution in [2.24, 2.45) is 0 Å². The van der Waals surface area contributed by atoms with E-state index in [1.165, 1.54) is 0 Å². The van der Waals surface area contributed by atoms with E-state index < -0.39 is 29.9 Å². The molecule has 0 radical (unpaired) electrons. The molecule has 1 aliphatic rings. The summed E-state index contributed by atoms with van der Waals surface area (Å²) in [6.07, 6.45) is 0. The number of urea groups is 1. The molecule has 0 bridgehead atoms. The van der Waals surface area contributed by atoms with Crippen LogP contribution in [0.2, 0.25) is 0 Å². The average Bonchev–Trinajstić information content (AvgIpc) is 2.98. The summed E-state index contributed by atoms with van der Waals surface area (Å²) < 4.78 is 0.